The predicted octanol–water partition coefficient (Wildman–Crippen LogP) is 1.52. The first-order valence-electron chi connectivity index (χ1n) is 8.57. The van der Waals surface area contributed by atoms with Crippen molar-refractivity contribution in [1.82, 2.24) is 9.97 Å². The van der Waals surface area contributed by atoms with Gasteiger partial charge >= 0.3 is 0 Å². The van der Waals surface area contributed by atoms with Gasteiger partial charge in [-0.2, -0.15) is 10.2 Å². The second-order valence-electron chi connectivity index (χ2n) is 6.44. The minimum Gasteiger partial charge on any atom is -0.382 e. The molecule has 1 aromatic carbocycles. The topological polar surface area (TPSA) is 123 Å². The third-order valence-electron chi connectivity index (χ3n) is 4.91. The fourth-order valence-electron chi connectivity index (χ4n) is 3.54. The molecule has 1 aromatic heterocycles. The van der Waals surface area contributed by atoms with Crippen LogP contribution in [-0.4, -0.2) is 42.1 Å². The van der Waals surface area contributed by atoms with Crippen LogP contribution in [0.1, 0.15) is 18.4 Å². The van der Waals surface area contributed by atoms with E-state index in [0.717, 1.165) is 37.2 Å². The number of nitriles is 1. The molecule has 26 heavy (non-hydrogen) atoms. The van der Waals surface area contributed by atoms with Crippen LogP contribution in [0.15, 0.2) is 24.3 Å². The van der Waals surface area contributed by atoms with Gasteiger partial charge in [0.05, 0.1) is 18.9 Å². The summed E-state index contributed by atoms with van der Waals surface area (Å²) in [6, 6.07) is 9.92. The first-order valence-corrected chi connectivity index (χ1v) is 8.57. The Balaban J connectivity index is 1.54. The van der Waals surface area contributed by atoms with Crippen molar-refractivity contribution < 1.29 is 9.47 Å². The quantitative estimate of drug-likeness (QED) is 0.834. The molecule has 8 nitrogen and oxygen atoms in total. The molecular weight excluding hydrogens is 332 g/mol. The van der Waals surface area contributed by atoms with Crippen LogP contribution in [0, 0.1) is 11.3 Å². The van der Waals surface area contributed by atoms with Crippen molar-refractivity contribution in [1.29, 1.82) is 5.26 Å². The number of nitrogens with zero attached hydrogens (tertiary/aromatic N) is 4. The minimum atomic E-state index is -0.381. The molecule has 0 saturated carbocycles. The highest BCUT2D eigenvalue weighted by atomic mass is 16.7. The van der Waals surface area contributed by atoms with Crippen LogP contribution in [0.3, 0.4) is 0 Å². The lowest BCUT2D eigenvalue weighted by molar-refractivity contribution is -0.169. The van der Waals surface area contributed by atoms with E-state index in [1.807, 2.05) is 24.3 Å². The summed E-state index contributed by atoms with van der Waals surface area (Å²) >= 11 is 0. The fraction of sp³-hybridized carbons (Fsp3) is 0.389. The van der Waals surface area contributed by atoms with Gasteiger partial charge in [-0.3, -0.25) is 0 Å². The maximum absolute atomic E-state index is 9.33. The summed E-state index contributed by atoms with van der Waals surface area (Å²) < 4.78 is 11.5. The Morgan fingerprint density at radius 1 is 1.04 bits per heavy atom. The van der Waals surface area contributed by atoms with Crippen LogP contribution in [0.5, 0.6) is 0 Å². The average Bonchev–Trinajstić information content (AvgIpc) is 3.10. The first kappa shape index (κ1) is 16.6. The SMILES string of the molecule is N#Cc1c(N)nc(N)nc1-c1ccc(N2CCC3(CC2)OCCO3)cc1. The Hall–Kier alpha value is -2.89. The lowest BCUT2D eigenvalue weighted by Crippen LogP contribution is -2.45. The van der Waals surface area contributed by atoms with Crippen molar-refractivity contribution in [2.24, 2.45) is 0 Å². The third kappa shape index (κ3) is 2.92. The van der Waals surface area contributed by atoms with Gasteiger partial charge in [-0.1, -0.05) is 12.1 Å². The molecule has 0 bridgehead atoms. The van der Waals surface area contributed by atoms with Gasteiger partial charge in [0.25, 0.3) is 0 Å². The highest BCUT2D eigenvalue weighted by molar-refractivity contribution is 5.74. The molecule has 134 valence electrons. The number of benzene rings is 1. The molecule has 2 saturated heterocycles. The van der Waals surface area contributed by atoms with Crippen molar-refractivity contribution in [3.63, 3.8) is 0 Å². The van der Waals surface area contributed by atoms with E-state index in [-0.39, 0.29) is 23.1 Å². The van der Waals surface area contributed by atoms with Gasteiger partial charge in [-0.15, -0.1) is 0 Å². The predicted molar refractivity (Wildman–Crippen MR) is 97.1 cm³/mol. The standard InChI is InChI=1S/C18H20N6O2/c19-11-14-15(22-17(21)23-16(14)20)12-1-3-13(4-2-12)24-7-5-18(6-8-24)25-9-10-26-18/h1-4H,5-10H2,(H4,20,21,22,23). The van der Waals surface area contributed by atoms with Crippen LogP contribution in [-0.2, 0) is 9.47 Å². The molecule has 2 fully saturated rings. The van der Waals surface area contributed by atoms with Crippen molar-refractivity contribution in [3.05, 3.63) is 29.8 Å². The molecule has 8 heteroatoms. The average molecular weight is 352 g/mol. The summed E-state index contributed by atoms with van der Waals surface area (Å²) in [6.45, 7) is 3.11. The van der Waals surface area contributed by atoms with E-state index in [1.54, 1.807) is 0 Å². The van der Waals surface area contributed by atoms with Crippen LogP contribution < -0.4 is 16.4 Å². The zero-order chi connectivity index (χ0) is 18.1. The molecule has 2 aliphatic rings. The molecule has 3 heterocycles. The zero-order valence-electron chi connectivity index (χ0n) is 14.3. The summed E-state index contributed by atoms with van der Waals surface area (Å²) in [5.74, 6) is -0.232. The number of rotatable bonds is 2. The Bertz CT molecular complexity index is 845. The normalized spacial score (nSPS) is 18.8. The van der Waals surface area contributed by atoms with E-state index in [9.17, 15) is 5.26 Å². The van der Waals surface area contributed by atoms with Crippen LogP contribution in [0.25, 0.3) is 11.3 Å². The summed E-state index contributed by atoms with van der Waals surface area (Å²) in [7, 11) is 0. The smallest absolute Gasteiger partial charge is 0.222 e. The summed E-state index contributed by atoms with van der Waals surface area (Å²) in [5, 5.41) is 9.33. The molecule has 4 N–H and O–H groups in total. The number of nitrogens with two attached hydrogens (primary N) is 2. The van der Waals surface area contributed by atoms with Crippen LogP contribution in [0.4, 0.5) is 17.5 Å². The molecule has 0 amide bonds. The van der Waals surface area contributed by atoms with E-state index < -0.39 is 0 Å². The van der Waals surface area contributed by atoms with E-state index in [4.69, 9.17) is 20.9 Å². The van der Waals surface area contributed by atoms with Gasteiger partial charge in [-0.05, 0) is 12.1 Å². The highest BCUT2D eigenvalue weighted by Crippen LogP contribution is 2.34. The molecule has 1 spiro atoms. The second-order valence-corrected chi connectivity index (χ2v) is 6.44. The molecule has 2 aromatic rings. The maximum Gasteiger partial charge on any atom is 0.222 e. The van der Waals surface area contributed by atoms with Gasteiger partial charge < -0.3 is 25.8 Å². The summed E-state index contributed by atoms with van der Waals surface area (Å²) in [4.78, 5) is 10.3. The highest BCUT2D eigenvalue weighted by Gasteiger charge is 2.39. The molecule has 0 aliphatic carbocycles. The molecule has 4 rings (SSSR count). The third-order valence-corrected chi connectivity index (χ3v) is 4.91. The van der Waals surface area contributed by atoms with Gasteiger partial charge in [0.2, 0.25) is 5.95 Å². The Labute approximate surface area is 151 Å². The van der Waals surface area contributed by atoms with E-state index in [2.05, 4.69) is 20.9 Å². The second kappa shape index (κ2) is 6.44. The van der Waals surface area contributed by atoms with Gasteiger partial charge in [0.1, 0.15) is 17.5 Å². The lowest BCUT2D eigenvalue weighted by atomic mass is 10.0. The van der Waals surface area contributed by atoms with E-state index in [0.29, 0.717) is 18.9 Å². The van der Waals surface area contributed by atoms with Gasteiger partial charge in [-0.25, -0.2) is 4.98 Å². The van der Waals surface area contributed by atoms with Crippen LogP contribution >= 0.6 is 0 Å². The number of piperidine rings is 1. The zero-order valence-corrected chi connectivity index (χ0v) is 14.3. The Morgan fingerprint density at radius 3 is 2.31 bits per heavy atom. The van der Waals surface area contributed by atoms with Crippen molar-refractivity contribution in [3.8, 4) is 17.3 Å². The van der Waals surface area contributed by atoms with Crippen LogP contribution in [0.2, 0.25) is 0 Å². The lowest BCUT2D eigenvalue weighted by Gasteiger charge is -2.38. The number of aromatic nitrogens is 2. The largest absolute Gasteiger partial charge is 0.382 e. The Kier molecular flexibility index (Phi) is 4.11. The molecule has 0 unspecified atom stereocenters. The molecule has 0 atom stereocenters. The number of hydrogen-bond acceptors (Lipinski definition) is 8. The monoisotopic (exact) mass is 352 g/mol. The molecular formula is C18H20N6O2. The summed E-state index contributed by atoms with van der Waals surface area (Å²) in [5.41, 5.74) is 14.0. The van der Waals surface area contributed by atoms with Gasteiger partial charge in [0, 0.05) is 37.2 Å². The fourth-order valence-corrected chi connectivity index (χ4v) is 3.54. The van der Waals surface area contributed by atoms with E-state index >= 15 is 0 Å². The van der Waals surface area contributed by atoms with Gasteiger partial charge in [0.15, 0.2) is 5.79 Å². The van der Waals surface area contributed by atoms with E-state index in [1.165, 1.54) is 0 Å². The maximum atomic E-state index is 9.33. The molecule has 2 aliphatic heterocycles. The number of hydrogen-bond donors (Lipinski definition) is 2. The number of nitrogen functional groups attached to an aromatic ring is 2. The molecule has 0 radical (unpaired) electrons. The number of anilines is 3. The van der Waals surface area contributed by atoms with Crippen molar-refractivity contribution in [2.75, 3.05) is 42.7 Å². The van der Waals surface area contributed by atoms with Crippen molar-refractivity contribution >= 4 is 17.5 Å². The summed E-state index contributed by atoms with van der Waals surface area (Å²) in [6.07, 6.45) is 1.71. The Morgan fingerprint density at radius 2 is 1.69 bits per heavy atom. The first-order chi connectivity index (χ1) is 12.6. The van der Waals surface area contributed by atoms with Crippen molar-refractivity contribution in [2.45, 2.75) is 18.6 Å². The minimum absolute atomic E-state index is 0.0541. The number of ether oxygens (including phenoxy) is 2.